The molecule has 0 heterocycles. The molecule has 0 unspecified atom stereocenters. The Balaban J connectivity index is 2.15. The number of nitrogens with zero attached hydrogens (tertiary/aromatic N) is 1. The van der Waals surface area contributed by atoms with Crippen LogP contribution in [0, 0.1) is 21.7 Å². The lowest BCUT2D eigenvalue weighted by atomic mass is 10.1. The third-order valence-electron chi connectivity index (χ3n) is 3.74. The molecule has 0 aliphatic rings. The molecule has 2 aromatic rings. The van der Waals surface area contributed by atoms with Crippen molar-refractivity contribution in [2.45, 2.75) is 12.5 Å². The third-order valence-corrected chi connectivity index (χ3v) is 4.38. The summed E-state index contributed by atoms with van der Waals surface area (Å²) in [5.74, 6) is -2.56. The molecule has 2 aromatic carbocycles. The minimum absolute atomic E-state index is 0.0177. The predicted molar refractivity (Wildman–Crippen MR) is 102 cm³/mol. The summed E-state index contributed by atoms with van der Waals surface area (Å²) in [4.78, 5) is 35.1. The Bertz CT molecular complexity index is 895. The van der Waals surface area contributed by atoms with Gasteiger partial charge in [-0.3, -0.25) is 19.7 Å². The zero-order valence-electron chi connectivity index (χ0n) is 14.8. The number of nitro groups is 1. The van der Waals surface area contributed by atoms with Gasteiger partial charge in [-0.1, -0.05) is 6.07 Å². The maximum absolute atomic E-state index is 13.8. The van der Waals surface area contributed by atoms with Gasteiger partial charge >= 0.3 is 0 Å². The van der Waals surface area contributed by atoms with Crippen LogP contribution in [-0.4, -0.2) is 34.8 Å². The first-order chi connectivity index (χ1) is 13.3. The Hall–Kier alpha value is -3.01. The van der Waals surface area contributed by atoms with Crippen molar-refractivity contribution in [1.29, 1.82) is 0 Å². The van der Waals surface area contributed by atoms with E-state index in [9.17, 15) is 28.5 Å². The largest absolute Gasteiger partial charge is 0.340 e. The molecule has 0 fully saturated rings. The molecule has 0 aliphatic heterocycles. The molecule has 0 radical (unpaired) electrons. The lowest BCUT2D eigenvalue weighted by Crippen LogP contribution is -2.44. The zero-order chi connectivity index (χ0) is 20.7. The van der Waals surface area contributed by atoms with Crippen molar-refractivity contribution in [3.63, 3.8) is 0 Å². The van der Waals surface area contributed by atoms with E-state index < -0.39 is 34.4 Å². The fourth-order valence-electron chi connectivity index (χ4n) is 2.32. The fourth-order valence-corrected chi connectivity index (χ4v) is 2.79. The van der Waals surface area contributed by atoms with Gasteiger partial charge in [0.05, 0.1) is 10.6 Å². The molecule has 2 N–H and O–H groups in total. The summed E-state index contributed by atoms with van der Waals surface area (Å²) < 4.78 is 26.8. The van der Waals surface area contributed by atoms with Crippen LogP contribution in [0.4, 0.5) is 20.2 Å². The van der Waals surface area contributed by atoms with Gasteiger partial charge in [-0.05, 0) is 36.6 Å². The first-order valence-corrected chi connectivity index (χ1v) is 9.51. The molecule has 0 saturated heterocycles. The van der Waals surface area contributed by atoms with Crippen LogP contribution >= 0.6 is 11.8 Å². The van der Waals surface area contributed by atoms with Gasteiger partial charge in [0.2, 0.25) is 5.91 Å². The van der Waals surface area contributed by atoms with Crippen molar-refractivity contribution < 1.29 is 23.3 Å². The highest BCUT2D eigenvalue weighted by Crippen LogP contribution is 2.17. The smallest absolute Gasteiger partial charge is 0.270 e. The molecule has 2 rings (SSSR count). The van der Waals surface area contributed by atoms with Gasteiger partial charge in [-0.2, -0.15) is 11.8 Å². The van der Waals surface area contributed by atoms with Gasteiger partial charge in [0, 0.05) is 23.8 Å². The van der Waals surface area contributed by atoms with Crippen molar-refractivity contribution >= 4 is 35.0 Å². The number of thioether (sulfide) groups is 1. The van der Waals surface area contributed by atoms with Crippen molar-refractivity contribution in [2.75, 3.05) is 17.3 Å². The van der Waals surface area contributed by atoms with Crippen molar-refractivity contribution in [2.24, 2.45) is 0 Å². The Labute approximate surface area is 163 Å². The number of hydrogen-bond donors (Lipinski definition) is 2. The van der Waals surface area contributed by atoms with Crippen LogP contribution in [0.2, 0.25) is 0 Å². The molecule has 148 valence electrons. The zero-order valence-corrected chi connectivity index (χ0v) is 15.6. The van der Waals surface area contributed by atoms with Crippen molar-refractivity contribution in [3.05, 3.63) is 69.8 Å². The SMILES string of the molecule is CSCC[C@@H](NC(=O)c1cccc([N+](=O)[O-])c1)C(=O)Nc1ccc(F)cc1F. The van der Waals surface area contributed by atoms with Crippen LogP contribution in [0.1, 0.15) is 16.8 Å². The summed E-state index contributed by atoms with van der Waals surface area (Å²) in [6.07, 6.45) is 2.06. The van der Waals surface area contributed by atoms with Gasteiger partial charge in [0.25, 0.3) is 11.6 Å². The van der Waals surface area contributed by atoms with Gasteiger partial charge in [-0.15, -0.1) is 0 Å². The lowest BCUT2D eigenvalue weighted by Gasteiger charge is -2.18. The highest BCUT2D eigenvalue weighted by atomic mass is 32.2. The van der Waals surface area contributed by atoms with Crippen LogP contribution in [0.5, 0.6) is 0 Å². The highest BCUT2D eigenvalue weighted by Gasteiger charge is 2.23. The first kappa shape index (κ1) is 21.3. The van der Waals surface area contributed by atoms with Gasteiger partial charge in [-0.25, -0.2) is 8.78 Å². The second kappa shape index (κ2) is 9.79. The van der Waals surface area contributed by atoms with E-state index in [1.165, 1.54) is 30.0 Å². The fraction of sp³-hybridized carbons (Fsp3) is 0.222. The quantitative estimate of drug-likeness (QED) is 0.514. The average Bonchev–Trinajstić information content (AvgIpc) is 2.67. The summed E-state index contributed by atoms with van der Waals surface area (Å²) in [6, 6.07) is 6.78. The summed E-state index contributed by atoms with van der Waals surface area (Å²) in [6.45, 7) is 0. The van der Waals surface area contributed by atoms with E-state index in [2.05, 4.69) is 10.6 Å². The number of hydrogen-bond acceptors (Lipinski definition) is 5. The van der Waals surface area contributed by atoms with Crippen LogP contribution in [0.3, 0.4) is 0 Å². The molecule has 28 heavy (non-hydrogen) atoms. The molecular formula is C18H17F2N3O4S. The molecule has 2 amide bonds. The number of non-ortho nitro benzene ring substituents is 1. The van der Waals surface area contributed by atoms with E-state index in [1.54, 1.807) is 0 Å². The summed E-state index contributed by atoms with van der Waals surface area (Å²) in [5, 5.41) is 15.7. The van der Waals surface area contributed by atoms with E-state index in [-0.39, 0.29) is 23.4 Å². The van der Waals surface area contributed by atoms with Crippen LogP contribution in [0.15, 0.2) is 42.5 Å². The number of amides is 2. The molecule has 0 aromatic heterocycles. The highest BCUT2D eigenvalue weighted by molar-refractivity contribution is 7.98. The van der Waals surface area contributed by atoms with Crippen LogP contribution in [0.25, 0.3) is 0 Å². The maximum Gasteiger partial charge on any atom is 0.270 e. The summed E-state index contributed by atoms with van der Waals surface area (Å²) in [7, 11) is 0. The number of nitro benzene ring substituents is 1. The molecule has 10 heteroatoms. The number of benzene rings is 2. The monoisotopic (exact) mass is 409 g/mol. The number of carbonyl (C=O) groups excluding carboxylic acids is 2. The Kier molecular flexibility index (Phi) is 7.44. The number of halogens is 2. The summed E-state index contributed by atoms with van der Waals surface area (Å²) in [5.41, 5.74) is -0.458. The predicted octanol–water partition coefficient (Wildman–Crippen LogP) is 3.36. The second-order valence-corrected chi connectivity index (χ2v) is 6.71. The molecule has 0 bridgehead atoms. The number of anilines is 1. The second-order valence-electron chi connectivity index (χ2n) is 5.73. The molecule has 7 nitrogen and oxygen atoms in total. The van der Waals surface area contributed by atoms with E-state index in [0.717, 1.165) is 18.2 Å². The summed E-state index contributed by atoms with van der Waals surface area (Å²) >= 11 is 1.44. The Morgan fingerprint density at radius 1 is 1.21 bits per heavy atom. The normalized spacial score (nSPS) is 11.5. The van der Waals surface area contributed by atoms with Gasteiger partial charge in [0.15, 0.2) is 0 Å². The number of carbonyl (C=O) groups is 2. The van der Waals surface area contributed by atoms with Crippen molar-refractivity contribution in [3.8, 4) is 0 Å². The standard InChI is InChI=1S/C18H17F2N3O4S/c1-28-8-7-16(18(25)21-15-6-5-12(19)10-14(15)20)22-17(24)11-3-2-4-13(9-11)23(26)27/h2-6,9-10,16H,7-8H2,1H3,(H,21,25)(H,22,24)/t16-/m1/s1. The molecule has 1 atom stereocenters. The molecule has 0 aliphatic carbocycles. The van der Waals surface area contributed by atoms with Crippen LogP contribution in [-0.2, 0) is 4.79 Å². The first-order valence-electron chi connectivity index (χ1n) is 8.12. The van der Waals surface area contributed by atoms with Gasteiger partial charge in [0.1, 0.15) is 17.7 Å². The molecular weight excluding hydrogens is 392 g/mol. The lowest BCUT2D eigenvalue weighted by molar-refractivity contribution is -0.384. The van der Waals surface area contributed by atoms with E-state index in [1.807, 2.05) is 6.26 Å². The third kappa shape index (κ3) is 5.74. The van der Waals surface area contributed by atoms with Crippen LogP contribution < -0.4 is 10.6 Å². The van der Waals surface area contributed by atoms with E-state index in [0.29, 0.717) is 11.8 Å². The van der Waals surface area contributed by atoms with E-state index in [4.69, 9.17) is 0 Å². The Morgan fingerprint density at radius 3 is 2.61 bits per heavy atom. The molecule has 0 saturated carbocycles. The van der Waals surface area contributed by atoms with Crippen molar-refractivity contribution in [1.82, 2.24) is 5.32 Å². The van der Waals surface area contributed by atoms with Gasteiger partial charge < -0.3 is 10.6 Å². The topological polar surface area (TPSA) is 101 Å². The average molecular weight is 409 g/mol. The Morgan fingerprint density at radius 2 is 1.96 bits per heavy atom. The maximum atomic E-state index is 13.8. The molecule has 0 spiro atoms. The minimum atomic E-state index is -1.01. The number of rotatable bonds is 8. The van der Waals surface area contributed by atoms with E-state index >= 15 is 0 Å². The minimum Gasteiger partial charge on any atom is -0.340 e. The number of nitrogens with one attached hydrogen (secondary N) is 2.